The van der Waals surface area contributed by atoms with Gasteiger partial charge in [-0.2, -0.15) is 0 Å². The van der Waals surface area contributed by atoms with Crippen molar-refractivity contribution in [3.63, 3.8) is 0 Å². The Kier molecular flexibility index (Phi) is 7.09. The van der Waals surface area contributed by atoms with Gasteiger partial charge in [0, 0.05) is 16.5 Å². The molecule has 2 aromatic carbocycles. The minimum Gasteiger partial charge on any atom is -0.493 e. The van der Waals surface area contributed by atoms with Crippen molar-refractivity contribution in [2.75, 3.05) is 18.6 Å². The molecule has 0 radical (unpaired) electrons. The van der Waals surface area contributed by atoms with Crippen molar-refractivity contribution in [1.82, 2.24) is 0 Å². The molecule has 0 fully saturated rings. The number of nitrogens with zero attached hydrogens (tertiary/aromatic N) is 1. The summed E-state index contributed by atoms with van der Waals surface area (Å²) in [5.74, 6) is -2.83. The van der Waals surface area contributed by atoms with E-state index in [1.54, 1.807) is 12.1 Å². The summed E-state index contributed by atoms with van der Waals surface area (Å²) in [5.41, 5.74) is 5.07. The molecular formula is C21H17ClF2N2O4S. The van der Waals surface area contributed by atoms with Crippen molar-refractivity contribution < 1.29 is 27.8 Å². The zero-order valence-electron chi connectivity index (χ0n) is 16.2. The van der Waals surface area contributed by atoms with Gasteiger partial charge in [0.25, 0.3) is 11.8 Å². The van der Waals surface area contributed by atoms with Gasteiger partial charge in [-0.15, -0.1) is 11.3 Å². The minimum atomic E-state index is -0.885. The van der Waals surface area contributed by atoms with E-state index >= 15 is 0 Å². The Morgan fingerprint density at radius 1 is 1.19 bits per heavy atom. The van der Waals surface area contributed by atoms with Gasteiger partial charge in [0.1, 0.15) is 11.6 Å². The molecule has 6 nitrogen and oxygen atoms in total. The summed E-state index contributed by atoms with van der Waals surface area (Å²) in [6.07, 6.45) is 0. The minimum absolute atomic E-state index is 0.000369. The van der Waals surface area contributed by atoms with Crippen LogP contribution in [0.5, 0.6) is 11.5 Å². The number of benzene rings is 2. The van der Waals surface area contributed by atoms with Gasteiger partial charge >= 0.3 is 0 Å². The number of nitrogens with two attached hydrogens (primary N) is 1. The number of amides is 2. The molecule has 0 bridgehead atoms. The highest BCUT2D eigenvalue weighted by Crippen LogP contribution is 2.37. The molecular weight excluding hydrogens is 450 g/mol. The van der Waals surface area contributed by atoms with E-state index in [1.807, 2.05) is 5.38 Å². The number of carbonyl (C=O) groups is 2. The quantitative estimate of drug-likeness (QED) is 0.533. The molecule has 1 aromatic heterocycles. The third kappa shape index (κ3) is 5.31. The number of hydrogen-bond acceptors (Lipinski definition) is 5. The van der Waals surface area contributed by atoms with E-state index in [4.69, 9.17) is 26.8 Å². The Morgan fingerprint density at radius 2 is 1.97 bits per heavy atom. The maximum atomic E-state index is 14.5. The van der Waals surface area contributed by atoms with Crippen molar-refractivity contribution in [3.8, 4) is 11.5 Å². The monoisotopic (exact) mass is 466 g/mol. The molecule has 2 N–H and O–H groups in total. The lowest BCUT2D eigenvalue weighted by atomic mass is 10.1. The molecule has 31 heavy (non-hydrogen) atoms. The summed E-state index contributed by atoms with van der Waals surface area (Å²) in [6, 6.07) is 9.23. The van der Waals surface area contributed by atoms with Crippen LogP contribution < -0.4 is 20.1 Å². The van der Waals surface area contributed by atoms with Gasteiger partial charge in [0.05, 0.1) is 24.4 Å². The summed E-state index contributed by atoms with van der Waals surface area (Å²) < 4.78 is 38.4. The first-order valence-electron chi connectivity index (χ1n) is 8.88. The molecule has 0 aliphatic carbocycles. The maximum absolute atomic E-state index is 14.5. The van der Waals surface area contributed by atoms with Crippen LogP contribution in [0.4, 0.5) is 14.5 Å². The van der Waals surface area contributed by atoms with Crippen LogP contribution >= 0.6 is 22.9 Å². The molecule has 162 valence electrons. The fourth-order valence-corrected chi connectivity index (χ4v) is 3.77. The van der Waals surface area contributed by atoms with Crippen molar-refractivity contribution in [2.24, 2.45) is 5.73 Å². The van der Waals surface area contributed by atoms with Crippen molar-refractivity contribution in [2.45, 2.75) is 6.54 Å². The molecule has 3 aromatic rings. The van der Waals surface area contributed by atoms with Crippen LogP contribution in [0.2, 0.25) is 5.02 Å². The van der Waals surface area contributed by atoms with Crippen LogP contribution in [0.25, 0.3) is 0 Å². The second kappa shape index (κ2) is 9.76. The highest BCUT2D eigenvalue weighted by atomic mass is 35.5. The second-order valence-corrected chi connectivity index (χ2v) is 7.75. The van der Waals surface area contributed by atoms with Crippen molar-refractivity contribution in [3.05, 3.63) is 74.9 Å². The van der Waals surface area contributed by atoms with Gasteiger partial charge in [-0.05, 0) is 35.7 Å². The van der Waals surface area contributed by atoms with E-state index in [0.29, 0.717) is 6.07 Å². The van der Waals surface area contributed by atoms with Gasteiger partial charge in [-0.1, -0.05) is 17.7 Å². The number of methoxy groups -OCH3 is 1. The zero-order valence-corrected chi connectivity index (χ0v) is 17.8. The number of halogens is 3. The Labute approximate surface area is 185 Å². The fraction of sp³-hybridized carbons (Fsp3) is 0.143. The molecule has 0 saturated heterocycles. The number of carbonyl (C=O) groups excluding carboxylic acids is 2. The first kappa shape index (κ1) is 22.5. The van der Waals surface area contributed by atoms with Crippen molar-refractivity contribution >= 4 is 40.4 Å². The van der Waals surface area contributed by atoms with E-state index in [0.717, 1.165) is 10.9 Å². The van der Waals surface area contributed by atoms with E-state index in [9.17, 15) is 18.4 Å². The lowest BCUT2D eigenvalue weighted by Gasteiger charge is -2.24. The maximum Gasteiger partial charge on any atom is 0.258 e. The highest BCUT2D eigenvalue weighted by Gasteiger charge is 2.25. The number of rotatable bonds is 8. The molecule has 0 atom stereocenters. The average Bonchev–Trinajstić information content (AvgIpc) is 3.23. The van der Waals surface area contributed by atoms with Crippen LogP contribution in [0, 0.1) is 11.6 Å². The molecule has 2 amide bonds. The van der Waals surface area contributed by atoms with E-state index in [-0.39, 0.29) is 34.3 Å². The van der Waals surface area contributed by atoms with Crippen LogP contribution in [0.15, 0.2) is 47.8 Å². The van der Waals surface area contributed by atoms with E-state index in [1.165, 1.54) is 41.5 Å². The largest absolute Gasteiger partial charge is 0.493 e. The molecule has 0 aliphatic rings. The lowest BCUT2D eigenvalue weighted by Crippen LogP contribution is -2.31. The van der Waals surface area contributed by atoms with Gasteiger partial charge in [-0.3, -0.25) is 9.59 Å². The predicted molar refractivity (Wildman–Crippen MR) is 114 cm³/mol. The highest BCUT2D eigenvalue weighted by molar-refractivity contribution is 7.09. The molecule has 0 saturated carbocycles. The summed E-state index contributed by atoms with van der Waals surface area (Å²) in [4.78, 5) is 26.3. The van der Waals surface area contributed by atoms with Crippen LogP contribution in [-0.4, -0.2) is 25.5 Å². The first-order valence-corrected chi connectivity index (χ1v) is 10.1. The number of anilines is 1. The van der Waals surface area contributed by atoms with E-state index < -0.39 is 30.1 Å². The number of primary amides is 1. The molecule has 0 unspecified atom stereocenters. The average molecular weight is 467 g/mol. The number of ether oxygens (including phenoxy) is 2. The molecule has 3 rings (SSSR count). The third-order valence-electron chi connectivity index (χ3n) is 4.17. The number of hydrogen-bond donors (Lipinski definition) is 1. The molecule has 1 heterocycles. The molecule has 10 heteroatoms. The second-order valence-electron chi connectivity index (χ2n) is 6.31. The Bertz CT molecular complexity index is 1110. The smallest absolute Gasteiger partial charge is 0.258 e. The fourth-order valence-electron chi connectivity index (χ4n) is 2.81. The number of thiophene rings is 1. The van der Waals surface area contributed by atoms with Crippen LogP contribution in [-0.2, 0) is 11.3 Å². The van der Waals surface area contributed by atoms with Gasteiger partial charge < -0.3 is 20.1 Å². The topological polar surface area (TPSA) is 81.9 Å². The zero-order chi connectivity index (χ0) is 22.5. The predicted octanol–water partition coefficient (Wildman–Crippen LogP) is 4.40. The Balaban J connectivity index is 2.02. The summed E-state index contributed by atoms with van der Waals surface area (Å²) in [6.45, 7) is -0.381. The third-order valence-corrected chi connectivity index (χ3v) is 5.32. The standard InChI is InChI=1S/C21H17ClF2N2O4S/c1-29-18-8-12(7-15(22)20(18)30-11-19(25)27)21(28)26(10-14-3-2-6-31-14)17-5-4-13(23)9-16(17)24/h2-9H,10-11H2,1H3,(H2,25,27). The van der Waals surface area contributed by atoms with Gasteiger partial charge in [0.2, 0.25) is 0 Å². The SMILES string of the molecule is COc1cc(C(=O)N(Cc2cccs2)c2ccc(F)cc2F)cc(Cl)c1OCC(N)=O. The Morgan fingerprint density at radius 3 is 2.58 bits per heavy atom. The van der Waals surface area contributed by atoms with Crippen LogP contribution in [0.3, 0.4) is 0 Å². The van der Waals surface area contributed by atoms with Crippen LogP contribution in [0.1, 0.15) is 15.2 Å². The first-order chi connectivity index (χ1) is 14.8. The van der Waals surface area contributed by atoms with E-state index in [2.05, 4.69) is 0 Å². The van der Waals surface area contributed by atoms with Gasteiger partial charge in [-0.25, -0.2) is 8.78 Å². The normalized spacial score (nSPS) is 10.6. The summed E-state index contributed by atoms with van der Waals surface area (Å²) in [7, 11) is 1.33. The molecule has 0 spiro atoms. The lowest BCUT2D eigenvalue weighted by molar-refractivity contribution is -0.119. The van der Waals surface area contributed by atoms with Crippen molar-refractivity contribution in [1.29, 1.82) is 0 Å². The summed E-state index contributed by atoms with van der Waals surface area (Å²) in [5, 5.41) is 1.82. The summed E-state index contributed by atoms with van der Waals surface area (Å²) >= 11 is 7.62. The van der Waals surface area contributed by atoms with Gasteiger partial charge in [0.15, 0.2) is 18.1 Å². The Hall–Kier alpha value is -3.17. The molecule has 0 aliphatic heterocycles.